The van der Waals surface area contributed by atoms with Crippen LogP contribution in [0.4, 0.5) is 17.6 Å². The number of nitrogens with two attached hydrogens (primary N) is 2. The van der Waals surface area contributed by atoms with E-state index in [1.54, 1.807) is 13.2 Å². The Balaban J connectivity index is 1.88. The van der Waals surface area contributed by atoms with Crippen molar-refractivity contribution in [2.24, 2.45) is 0 Å². The molecular weight excluding hydrogens is 242 g/mol. The smallest absolute Gasteiger partial charge is 0.344 e. The summed E-state index contributed by atoms with van der Waals surface area (Å²) in [6.45, 7) is 0.770. The molecule has 6 nitrogen and oxygen atoms in total. The zero-order valence-electron chi connectivity index (χ0n) is 10.8. The Morgan fingerprint density at radius 1 is 1.26 bits per heavy atom. The molecule has 0 atom stereocenters. The van der Waals surface area contributed by atoms with Gasteiger partial charge in [0.05, 0.1) is 19.7 Å². The number of nitrogens with zero attached hydrogens (tertiary/aromatic N) is 1. The summed E-state index contributed by atoms with van der Waals surface area (Å²) in [4.78, 5) is 6.77. The second-order valence-corrected chi connectivity index (χ2v) is 4.13. The zero-order chi connectivity index (χ0) is 13.7. The minimum absolute atomic E-state index is 0.298. The molecule has 1 heterocycles. The van der Waals surface area contributed by atoms with Crippen LogP contribution in [0.3, 0.4) is 0 Å². The van der Waals surface area contributed by atoms with Gasteiger partial charge in [-0.2, -0.15) is 0 Å². The Bertz CT molecular complexity index is 521. The van der Waals surface area contributed by atoms with Crippen molar-refractivity contribution in [3.05, 3.63) is 35.9 Å². The highest BCUT2D eigenvalue weighted by molar-refractivity contribution is 5.42. The summed E-state index contributed by atoms with van der Waals surface area (Å²) in [6.07, 6.45) is 0.889. The first-order valence-corrected chi connectivity index (χ1v) is 5.99. The van der Waals surface area contributed by atoms with Crippen LogP contribution in [0.1, 0.15) is 5.56 Å². The highest BCUT2D eigenvalue weighted by Crippen LogP contribution is 2.12. The van der Waals surface area contributed by atoms with E-state index in [4.69, 9.17) is 16.2 Å². The number of benzene rings is 1. The van der Waals surface area contributed by atoms with Crippen molar-refractivity contribution in [2.45, 2.75) is 6.42 Å². The molecule has 6 N–H and O–H groups in total. The van der Waals surface area contributed by atoms with Crippen LogP contribution in [0.5, 0.6) is 5.75 Å². The van der Waals surface area contributed by atoms with Gasteiger partial charge in [0.1, 0.15) is 5.75 Å². The minimum Gasteiger partial charge on any atom is -0.497 e. The normalized spacial score (nSPS) is 10.2. The molecule has 2 rings (SSSR count). The summed E-state index contributed by atoms with van der Waals surface area (Å²) in [5.41, 5.74) is 12.4. The second kappa shape index (κ2) is 5.90. The molecule has 0 unspecified atom stereocenters. The Labute approximate surface area is 111 Å². The third-order valence-corrected chi connectivity index (χ3v) is 2.69. The van der Waals surface area contributed by atoms with Gasteiger partial charge in [-0.05, 0) is 24.1 Å². The minimum atomic E-state index is 0.298. The molecule has 0 aliphatic rings. The van der Waals surface area contributed by atoms with Crippen LogP contribution in [0.25, 0.3) is 0 Å². The molecule has 0 spiro atoms. The SMILES string of the molecule is COc1ccc(CCNc2cc(N)nc(N)[nH+]2)cc1. The summed E-state index contributed by atoms with van der Waals surface area (Å²) < 4.78 is 5.11. The number of anilines is 3. The van der Waals surface area contributed by atoms with Gasteiger partial charge in [-0.1, -0.05) is 17.1 Å². The van der Waals surface area contributed by atoms with Crippen molar-refractivity contribution >= 4 is 17.6 Å². The second-order valence-electron chi connectivity index (χ2n) is 4.13. The third kappa shape index (κ3) is 3.74. The van der Waals surface area contributed by atoms with Gasteiger partial charge in [-0.25, -0.2) is 4.98 Å². The molecule has 0 aliphatic carbocycles. The monoisotopic (exact) mass is 260 g/mol. The maximum atomic E-state index is 5.61. The van der Waals surface area contributed by atoms with Gasteiger partial charge in [0.15, 0.2) is 11.6 Å². The van der Waals surface area contributed by atoms with Gasteiger partial charge in [-0.3, -0.25) is 0 Å². The molecule has 100 valence electrons. The molecule has 1 aromatic carbocycles. The van der Waals surface area contributed by atoms with Crippen molar-refractivity contribution in [1.29, 1.82) is 0 Å². The molecule has 0 bridgehead atoms. The van der Waals surface area contributed by atoms with E-state index >= 15 is 0 Å². The van der Waals surface area contributed by atoms with Crippen LogP contribution < -0.4 is 26.5 Å². The first-order valence-electron chi connectivity index (χ1n) is 5.99. The summed E-state index contributed by atoms with van der Waals surface area (Å²) in [5, 5.41) is 3.22. The molecule has 0 radical (unpaired) electrons. The number of H-pyrrole nitrogens is 1. The number of nitrogen functional groups attached to an aromatic ring is 2. The summed E-state index contributed by atoms with van der Waals surface area (Å²) in [6, 6.07) is 9.69. The van der Waals surface area contributed by atoms with Gasteiger partial charge >= 0.3 is 5.95 Å². The molecular formula is C13H18N5O+. The van der Waals surface area contributed by atoms with Crippen molar-refractivity contribution in [1.82, 2.24) is 4.98 Å². The van der Waals surface area contributed by atoms with Crippen LogP contribution >= 0.6 is 0 Å². The van der Waals surface area contributed by atoms with E-state index in [1.807, 2.05) is 24.3 Å². The number of ether oxygens (including phenoxy) is 1. The molecule has 6 heteroatoms. The maximum absolute atomic E-state index is 5.61. The van der Waals surface area contributed by atoms with Gasteiger partial charge < -0.3 is 21.5 Å². The van der Waals surface area contributed by atoms with E-state index in [0.717, 1.165) is 24.5 Å². The quantitative estimate of drug-likeness (QED) is 0.735. The molecule has 0 aliphatic heterocycles. The van der Waals surface area contributed by atoms with E-state index in [1.165, 1.54) is 5.56 Å². The summed E-state index contributed by atoms with van der Waals surface area (Å²) in [7, 11) is 1.66. The van der Waals surface area contributed by atoms with Crippen LogP contribution in [-0.4, -0.2) is 18.6 Å². The number of aromatic amines is 1. The van der Waals surface area contributed by atoms with E-state index in [9.17, 15) is 0 Å². The van der Waals surface area contributed by atoms with Gasteiger partial charge in [-0.15, -0.1) is 0 Å². The Morgan fingerprint density at radius 2 is 2.00 bits per heavy atom. The fourth-order valence-electron chi connectivity index (χ4n) is 1.75. The number of hydrogen-bond donors (Lipinski definition) is 3. The summed E-state index contributed by atoms with van der Waals surface area (Å²) in [5.74, 6) is 2.31. The van der Waals surface area contributed by atoms with Crippen molar-refractivity contribution in [2.75, 3.05) is 30.4 Å². The fourth-order valence-corrected chi connectivity index (χ4v) is 1.75. The predicted octanol–water partition coefficient (Wildman–Crippen LogP) is 0.723. The van der Waals surface area contributed by atoms with Crippen LogP contribution in [0.2, 0.25) is 0 Å². The van der Waals surface area contributed by atoms with Gasteiger partial charge in [0.25, 0.3) is 0 Å². The lowest BCUT2D eigenvalue weighted by Gasteiger charge is -2.04. The highest BCUT2D eigenvalue weighted by Gasteiger charge is 2.04. The number of aromatic nitrogens is 2. The predicted molar refractivity (Wildman–Crippen MR) is 74.8 cm³/mol. The Morgan fingerprint density at radius 3 is 2.63 bits per heavy atom. The molecule has 19 heavy (non-hydrogen) atoms. The van der Waals surface area contributed by atoms with E-state index < -0.39 is 0 Å². The average Bonchev–Trinajstić information content (AvgIpc) is 2.38. The Hall–Kier alpha value is -2.50. The molecule has 0 saturated carbocycles. The van der Waals surface area contributed by atoms with Crippen molar-refractivity contribution < 1.29 is 9.72 Å². The molecule has 0 saturated heterocycles. The Kier molecular flexibility index (Phi) is 4.02. The van der Waals surface area contributed by atoms with E-state index in [0.29, 0.717) is 11.8 Å². The lowest BCUT2D eigenvalue weighted by Crippen LogP contribution is -2.20. The zero-order valence-corrected chi connectivity index (χ0v) is 10.8. The lowest BCUT2D eigenvalue weighted by atomic mass is 10.1. The van der Waals surface area contributed by atoms with Crippen molar-refractivity contribution in [3.8, 4) is 5.75 Å². The fraction of sp³-hybridized carbons (Fsp3) is 0.231. The maximum Gasteiger partial charge on any atom is 0.344 e. The molecule has 1 aromatic heterocycles. The van der Waals surface area contributed by atoms with Gasteiger partial charge in [0.2, 0.25) is 0 Å². The summed E-state index contributed by atoms with van der Waals surface area (Å²) >= 11 is 0. The van der Waals surface area contributed by atoms with Crippen LogP contribution in [0.15, 0.2) is 30.3 Å². The molecule has 0 amide bonds. The first kappa shape index (κ1) is 12.9. The third-order valence-electron chi connectivity index (χ3n) is 2.69. The standard InChI is InChI=1S/C13H17N5O/c1-19-10-4-2-9(3-5-10)6-7-16-12-8-11(14)17-13(15)18-12/h2-5,8H,6-7H2,1H3,(H5,14,15,16,17,18)/p+1. The topological polar surface area (TPSA) is 100 Å². The van der Waals surface area contributed by atoms with E-state index in [-0.39, 0.29) is 0 Å². The molecule has 2 aromatic rings. The number of nitrogens with one attached hydrogen (secondary N) is 2. The van der Waals surface area contributed by atoms with Crippen LogP contribution in [-0.2, 0) is 6.42 Å². The largest absolute Gasteiger partial charge is 0.497 e. The van der Waals surface area contributed by atoms with E-state index in [2.05, 4.69) is 15.3 Å². The highest BCUT2D eigenvalue weighted by atomic mass is 16.5. The van der Waals surface area contributed by atoms with Gasteiger partial charge in [0, 0.05) is 0 Å². The van der Waals surface area contributed by atoms with Crippen molar-refractivity contribution in [3.63, 3.8) is 0 Å². The number of rotatable bonds is 5. The lowest BCUT2D eigenvalue weighted by molar-refractivity contribution is -0.347. The average molecular weight is 260 g/mol. The first-order chi connectivity index (χ1) is 9.17. The van der Waals surface area contributed by atoms with Crippen LogP contribution in [0, 0.1) is 0 Å². The molecule has 0 fully saturated rings. The number of methoxy groups -OCH3 is 1. The number of hydrogen-bond acceptors (Lipinski definition) is 5.